The normalized spacial score (nSPS) is 14.6. The van der Waals surface area contributed by atoms with Crippen molar-refractivity contribution in [3.8, 4) is 5.75 Å². The number of alkyl halides is 3. The van der Waals surface area contributed by atoms with E-state index in [0.29, 0.717) is 12.1 Å². The van der Waals surface area contributed by atoms with Crippen LogP contribution in [0.2, 0.25) is 0 Å². The SMILES string of the molecule is CC(NCC(O)c1ccsc1)c1cccc(OC(F)(F)F)c1. The monoisotopic (exact) mass is 331 g/mol. The van der Waals surface area contributed by atoms with Crippen molar-refractivity contribution in [2.45, 2.75) is 25.4 Å². The highest BCUT2D eigenvalue weighted by Crippen LogP contribution is 2.25. The smallest absolute Gasteiger partial charge is 0.406 e. The van der Waals surface area contributed by atoms with Gasteiger partial charge < -0.3 is 15.2 Å². The topological polar surface area (TPSA) is 41.5 Å². The van der Waals surface area contributed by atoms with Gasteiger partial charge in [0.1, 0.15) is 5.75 Å². The van der Waals surface area contributed by atoms with Crippen molar-refractivity contribution < 1.29 is 23.0 Å². The highest BCUT2D eigenvalue weighted by atomic mass is 32.1. The van der Waals surface area contributed by atoms with Crippen molar-refractivity contribution in [2.75, 3.05) is 6.54 Å². The Morgan fingerprint density at radius 2 is 2.05 bits per heavy atom. The van der Waals surface area contributed by atoms with Crippen LogP contribution in [0.1, 0.15) is 30.2 Å². The van der Waals surface area contributed by atoms with E-state index < -0.39 is 12.5 Å². The van der Waals surface area contributed by atoms with E-state index in [4.69, 9.17) is 0 Å². The quantitative estimate of drug-likeness (QED) is 0.840. The van der Waals surface area contributed by atoms with Crippen LogP contribution >= 0.6 is 11.3 Å². The molecule has 7 heteroatoms. The van der Waals surface area contributed by atoms with E-state index >= 15 is 0 Å². The Morgan fingerprint density at radius 3 is 2.68 bits per heavy atom. The maximum atomic E-state index is 12.2. The number of aliphatic hydroxyl groups excluding tert-OH is 1. The lowest BCUT2D eigenvalue weighted by atomic mass is 10.1. The van der Waals surface area contributed by atoms with E-state index in [1.807, 2.05) is 23.8 Å². The lowest BCUT2D eigenvalue weighted by molar-refractivity contribution is -0.274. The molecule has 1 heterocycles. The lowest BCUT2D eigenvalue weighted by Gasteiger charge is -2.18. The highest BCUT2D eigenvalue weighted by molar-refractivity contribution is 7.07. The van der Waals surface area contributed by atoms with Crippen molar-refractivity contribution in [1.82, 2.24) is 5.32 Å². The summed E-state index contributed by atoms with van der Waals surface area (Å²) in [5.74, 6) is -0.253. The maximum absolute atomic E-state index is 12.2. The van der Waals surface area contributed by atoms with Gasteiger partial charge in [0.05, 0.1) is 6.10 Å². The number of thiophene rings is 1. The summed E-state index contributed by atoms with van der Waals surface area (Å²) in [5, 5.41) is 16.8. The fourth-order valence-corrected chi connectivity index (χ4v) is 2.68. The number of halogens is 3. The van der Waals surface area contributed by atoms with Crippen LogP contribution in [0.25, 0.3) is 0 Å². The molecule has 0 aliphatic rings. The number of rotatable bonds is 6. The molecule has 2 unspecified atom stereocenters. The summed E-state index contributed by atoms with van der Waals surface area (Å²) in [6.07, 6.45) is -5.35. The van der Waals surface area contributed by atoms with E-state index in [1.54, 1.807) is 6.07 Å². The second-order valence-electron chi connectivity index (χ2n) is 4.82. The largest absolute Gasteiger partial charge is 0.573 e. The Morgan fingerprint density at radius 1 is 1.27 bits per heavy atom. The zero-order valence-corrected chi connectivity index (χ0v) is 12.6. The molecular formula is C15H16F3NO2S. The molecule has 0 radical (unpaired) electrons. The molecule has 0 saturated carbocycles. The zero-order valence-electron chi connectivity index (χ0n) is 11.8. The molecule has 1 aromatic heterocycles. The van der Waals surface area contributed by atoms with Crippen LogP contribution in [0.4, 0.5) is 13.2 Å². The first-order valence-corrected chi connectivity index (χ1v) is 7.58. The molecule has 2 aromatic rings. The highest BCUT2D eigenvalue weighted by Gasteiger charge is 2.31. The molecule has 2 rings (SSSR count). The summed E-state index contributed by atoms with van der Waals surface area (Å²) in [6.45, 7) is 2.12. The predicted octanol–water partition coefficient (Wildman–Crippen LogP) is 4.03. The molecule has 3 nitrogen and oxygen atoms in total. The van der Waals surface area contributed by atoms with E-state index in [0.717, 1.165) is 5.56 Å². The Bertz CT molecular complexity index is 587. The number of aliphatic hydroxyl groups is 1. The maximum Gasteiger partial charge on any atom is 0.573 e. The van der Waals surface area contributed by atoms with Gasteiger partial charge >= 0.3 is 6.36 Å². The molecule has 0 fully saturated rings. The Balaban J connectivity index is 1.94. The Kier molecular flexibility index (Phi) is 5.44. The third-order valence-corrected chi connectivity index (χ3v) is 3.84. The van der Waals surface area contributed by atoms with Gasteiger partial charge in [0.25, 0.3) is 0 Å². The molecule has 2 N–H and O–H groups in total. The van der Waals surface area contributed by atoms with Crippen molar-refractivity contribution in [3.05, 3.63) is 52.2 Å². The third kappa shape index (κ3) is 5.01. The number of ether oxygens (including phenoxy) is 1. The average Bonchev–Trinajstić information content (AvgIpc) is 2.97. The lowest BCUT2D eigenvalue weighted by Crippen LogP contribution is -2.24. The molecule has 0 aliphatic heterocycles. The minimum absolute atomic E-state index is 0.218. The summed E-state index contributed by atoms with van der Waals surface area (Å²) in [7, 11) is 0. The van der Waals surface area contributed by atoms with Crippen molar-refractivity contribution in [1.29, 1.82) is 0 Å². The fraction of sp³-hybridized carbons (Fsp3) is 0.333. The van der Waals surface area contributed by atoms with Gasteiger partial charge in [-0.3, -0.25) is 0 Å². The molecule has 120 valence electrons. The summed E-state index contributed by atoms with van der Waals surface area (Å²) >= 11 is 1.49. The van der Waals surface area contributed by atoms with Gasteiger partial charge in [-0.2, -0.15) is 11.3 Å². The first-order valence-electron chi connectivity index (χ1n) is 6.64. The van der Waals surface area contributed by atoms with Crippen molar-refractivity contribution in [3.63, 3.8) is 0 Å². The van der Waals surface area contributed by atoms with Crippen LogP contribution in [-0.2, 0) is 0 Å². The summed E-state index contributed by atoms with van der Waals surface area (Å²) in [5.41, 5.74) is 1.47. The minimum Gasteiger partial charge on any atom is -0.406 e. The van der Waals surface area contributed by atoms with Crippen LogP contribution in [0, 0.1) is 0 Å². The number of hydrogen-bond acceptors (Lipinski definition) is 4. The van der Waals surface area contributed by atoms with Crippen LogP contribution in [-0.4, -0.2) is 18.0 Å². The van der Waals surface area contributed by atoms with Gasteiger partial charge in [-0.25, -0.2) is 0 Å². The molecule has 2 atom stereocenters. The molecule has 0 spiro atoms. The first-order chi connectivity index (χ1) is 10.3. The van der Waals surface area contributed by atoms with E-state index in [-0.39, 0.29) is 11.8 Å². The average molecular weight is 331 g/mol. The second kappa shape index (κ2) is 7.13. The minimum atomic E-state index is -4.70. The first kappa shape index (κ1) is 16.8. The molecule has 0 saturated heterocycles. The van der Waals surface area contributed by atoms with Gasteiger partial charge in [-0.05, 0) is 47.0 Å². The van der Waals surface area contributed by atoms with Crippen LogP contribution in [0.5, 0.6) is 5.75 Å². The van der Waals surface area contributed by atoms with E-state index in [9.17, 15) is 18.3 Å². The van der Waals surface area contributed by atoms with Crippen molar-refractivity contribution in [2.24, 2.45) is 0 Å². The number of hydrogen-bond donors (Lipinski definition) is 2. The molecule has 0 aliphatic carbocycles. The fourth-order valence-electron chi connectivity index (χ4n) is 1.97. The van der Waals surface area contributed by atoms with Crippen LogP contribution in [0.3, 0.4) is 0 Å². The van der Waals surface area contributed by atoms with Gasteiger partial charge in [0, 0.05) is 12.6 Å². The molecule has 22 heavy (non-hydrogen) atoms. The molecule has 1 aromatic carbocycles. The molecule has 0 bridgehead atoms. The Labute approximate surface area is 130 Å². The summed E-state index contributed by atoms with van der Waals surface area (Å²) in [4.78, 5) is 0. The number of nitrogens with one attached hydrogen (secondary N) is 1. The molecule has 0 amide bonds. The van der Waals surface area contributed by atoms with Crippen LogP contribution < -0.4 is 10.1 Å². The second-order valence-corrected chi connectivity index (χ2v) is 5.60. The van der Waals surface area contributed by atoms with Gasteiger partial charge in [0.15, 0.2) is 0 Å². The molecular weight excluding hydrogens is 315 g/mol. The van der Waals surface area contributed by atoms with Gasteiger partial charge in [-0.1, -0.05) is 12.1 Å². The third-order valence-electron chi connectivity index (χ3n) is 3.14. The summed E-state index contributed by atoms with van der Waals surface area (Å²) < 4.78 is 40.5. The van der Waals surface area contributed by atoms with E-state index in [2.05, 4.69) is 10.1 Å². The zero-order chi connectivity index (χ0) is 16.2. The Hall–Kier alpha value is -1.57. The van der Waals surface area contributed by atoms with E-state index in [1.165, 1.54) is 29.5 Å². The standard InChI is InChI=1S/C15H16F3NO2S/c1-10(19-8-14(20)12-5-6-22-9-12)11-3-2-4-13(7-11)21-15(16,17)18/h2-7,9-10,14,19-20H,8H2,1H3. The van der Waals surface area contributed by atoms with Crippen molar-refractivity contribution >= 4 is 11.3 Å². The van der Waals surface area contributed by atoms with Crippen LogP contribution in [0.15, 0.2) is 41.1 Å². The predicted molar refractivity (Wildman–Crippen MR) is 78.8 cm³/mol. The number of benzene rings is 1. The van der Waals surface area contributed by atoms with Gasteiger partial charge in [0.2, 0.25) is 0 Å². The van der Waals surface area contributed by atoms with Gasteiger partial charge in [-0.15, -0.1) is 13.2 Å². The summed E-state index contributed by atoms with van der Waals surface area (Å²) in [6, 6.07) is 7.41.